The Bertz CT molecular complexity index is 991. The number of thiophene rings is 1. The lowest BCUT2D eigenvalue weighted by atomic mass is 10.1. The molecule has 0 saturated carbocycles. The normalized spacial score (nSPS) is 13.9. The number of hydrogen-bond acceptors (Lipinski definition) is 6. The molecule has 0 aliphatic rings. The molecule has 0 aromatic carbocycles. The second-order valence-electron chi connectivity index (χ2n) is 5.98. The predicted octanol–water partition coefficient (Wildman–Crippen LogP) is 3.10. The highest BCUT2D eigenvalue weighted by atomic mass is 32.1. The lowest BCUT2D eigenvalue weighted by Gasteiger charge is -2.16. The van der Waals surface area contributed by atoms with E-state index in [4.69, 9.17) is 21.4 Å². The molecule has 4 aromatic heterocycles. The Morgan fingerprint density at radius 3 is 2.56 bits per heavy atom. The van der Waals surface area contributed by atoms with E-state index in [1.165, 1.54) is 0 Å². The lowest BCUT2D eigenvalue weighted by Crippen LogP contribution is -2.32. The van der Waals surface area contributed by atoms with Gasteiger partial charge in [-0.1, -0.05) is 0 Å². The van der Waals surface area contributed by atoms with E-state index in [1.807, 2.05) is 37.5 Å². The largest absolute Gasteiger partial charge is 0.367 e. The molecule has 0 saturated heterocycles. The van der Waals surface area contributed by atoms with Crippen LogP contribution in [0, 0.1) is 0 Å². The Kier molecular flexibility index (Phi) is 4.04. The summed E-state index contributed by atoms with van der Waals surface area (Å²) in [5.41, 5.74) is 17.2. The van der Waals surface area contributed by atoms with E-state index < -0.39 is 0 Å². The Morgan fingerprint density at radius 1 is 1.08 bits per heavy atom. The van der Waals surface area contributed by atoms with E-state index >= 15 is 0 Å². The maximum absolute atomic E-state index is 6.35. The first-order valence-corrected chi connectivity index (χ1v) is 8.87. The fourth-order valence-corrected chi connectivity index (χ4v) is 3.79. The molecule has 25 heavy (non-hydrogen) atoms. The van der Waals surface area contributed by atoms with E-state index in [0.717, 1.165) is 32.6 Å². The minimum atomic E-state index is -0.358. The second-order valence-corrected chi connectivity index (χ2v) is 6.86. The molecule has 4 aromatic rings. The van der Waals surface area contributed by atoms with Crippen LogP contribution >= 0.6 is 11.3 Å². The maximum Gasteiger partial charge on any atom is 0.160 e. The molecule has 0 spiro atoms. The number of rotatable bonds is 4. The molecule has 4 heterocycles. The van der Waals surface area contributed by atoms with Gasteiger partial charge in [-0.2, -0.15) is 0 Å². The van der Waals surface area contributed by atoms with Crippen LogP contribution in [0.25, 0.3) is 32.7 Å². The summed E-state index contributed by atoms with van der Waals surface area (Å²) in [5, 5.41) is 2.09. The van der Waals surface area contributed by atoms with Gasteiger partial charge in [-0.3, -0.25) is 4.98 Å². The van der Waals surface area contributed by atoms with Crippen LogP contribution in [-0.4, -0.2) is 26.0 Å². The van der Waals surface area contributed by atoms with E-state index in [1.54, 1.807) is 23.7 Å². The van der Waals surface area contributed by atoms with Gasteiger partial charge in [0.25, 0.3) is 0 Å². The first-order chi connectivity index (χ1) is 12.1. The maximum atomic E-state index is 6.35. The molecule has 5 N–H and O–H groups in total. The first kappa shape index (κ1) is 15.9. The summed E-state index contributed by atoms with van der Waals surface area (Å²) >= 11 is 1.60. The van der Waals surface area contributed by atoms with Crippen LogP contribution in [0.2, 0.25) is 0 Å². The van der Waals surface area contributed by atoms with Gasteiger partial charge in [0, 0.05) is 52.9 Å². The van der Waals surface area contributed by atoms with E-state index in [2.05, 4.69) is 15.3 Å². The lowest BCUT2D eigenvalue weighted by molar-refractivity contribution is 0.579. The smallest absolute Gasteiger partial charge is 0.160 e. The van der Waals surface area contributed by atoms with Gasteiger partial charge in [0.05, 0.1) is 22.0 Å². The number of aromatic amines is 1. The van der Waals surface area contributed by atoms with Crippen LogP contribution in [0.5, 0.6) is 0 Å². The van der Waals surface area contributed by atoms with Crippen LogP contribution in [0.15, 0.2) is 48.4 Å². The van der Waals surface area contributed by atoms with Gasteiger partial charge in [-0.25, -0.2) is 9.97 Å². The summed E-state index contributed by atoms with van der Waals surface area (Å²) in [4.78, 5) is 16.7. The zero-order valence-corrected chi connectivity index (χ0v) is 14.5. The third kappa shape index (κ3) is 2.82. The highest BCUT2D eigenvalue weighted by molar-refractivity contribution is 7.17. The molecule has 126 valence electrons. The van der Waals surface area contributed by atoms with Crippen molar-refractivity contribution >= 4 is 21.6 Å². The van der Waals surface area contributed by atoms with Gasteiger partial charge in [0.2, 0.25) is 0 Å². The highest BCUT2D eigenvalue weighted by Crippen LogP contribution is 2.37. The summed E-state index contributed by atoms with van der Waals surface area (Å²) in [5.74, 6) is 0.635. The molecule has 0 radical (unpaired) electrons. The van der Waals surface area contributed by atoms with E-state index in [-0.39, 0.29) is 12.1 Å². The van der Waals surface area contributed by atoms with Gasteiger partial charge >= 0.3 is 0 Å². The van der Waals surface area contributed by atoms with Crippen molar-refractivity contribution in [3.05, 3.63) is 54.1 Å². The van der Waals surface area contributed by atoms with Crippen LogP contribution in [-0.2, 0) is 0 Å². The van der Waals surface area contributed by atoms with Crippen molar-refractivity contribution in [2.24, 2.45) is 11.5 Å². The fraction of sp³-hybridized carbons (Fsp3) is 0.167. The van der Waals surface area contributed by atoms with Crippen molar-refractivity contribution in [2.45, 2.75) is 19.0 Å². The number of hydrogen-bond donors (Lipinski definition) is 3. The van der Waals surface area contributed by atoms with E-state index in [0.29, 0.717) is 5.82 Å². The molecule has 0 aliphatic carbocycles. The molecule has 0 fully saturated rings. The zero-order chi connectivity index (χ0) is 17.4. The standard InChI is InChI=1S/C18H18N6S/c1-10(19)14(20)16-17-15(13(9-25-17)12-4-7-22-8-12)23-18(24-16)11-2-5-21-6-3-11/h2-10,14,22H,19-20H2,1H3. The quantitative estimate of drug-likeness (QED) is 0.524. The number of nitrogens with zero attached hydrogens (tertiary/aromatic N) is 3. The molecule has 6 nitrogen and oxygen atoms in total. The average molecular weight is 350 g/mol. The van der Waals surface area contributed by atoms with Gasteiger partial charge < -0.3 is 16.5 Å². The SMILES string of the molecule is CC(N)C(N)c1nc(-c2ccncc2)nc2c(-c3cc[nH]c3)csc12. The Hall–Kier alpha value is -2.61. The van der Waals surface area contributed by atoms with Crippen molar-refractivity contribution in [2.75, 3.05) is 0 Å². The molecule has 0 bridgehead atoms. The fourth-order valence-electron chi connectivity index (χ4n) is 2.74. The number of nitrogens with one attached hydrogen (secondary N) is 1. The van der Waals surface area contributed by atoms with Crippen molar-refractivity contribution in [3.8, 4) is 22.5 Å². The molecular weight excluding hydrogens is 332 g/mol. The number of nitrogens with two attached hydrogens (primary N) is 2. The van der Waals surface area contributed by atoms with Crippen LogP contribution in [0.4, 0.5) is 0 Å². The Morgan fingerprint density at radius 2 is 1.88 bits per heavy atom. The summed E-state index contributed by atoms with van der Waals surface area (Å²) in [6.07, 6.45) is 7.32. The molecule has 2 atom stereocenters. The molecule has 7 heteroatoms. The molecule has 0 aliphatic heterocycles. The minimum absolute atomic E-state index is 0.207. The molecule has 2 unspecified atom stereocenters. The van der Waals surface area contributed by atoms with Gasteiger partial charge in [0.1, 0.15) is 0 Å². The van der Waals surface area contributed by atoms with Gasteiger partial charge in [-0.15, -0.1) is 11.3 Å². The van der Waals surface area contributed by atoms with Crippen molar-refractivity contribution < 1.29 is 0 Å². The molecular formula is C18H18N6S. The topological polar surface area (TPSA) is 106 Å². The van der Waals surface area contributed by atoms with Crippen molar-refractivity contribution in [3.63, 3.8) is 0 Å². The number of H-pyrrole nitrogens is 1. The average Bonchev–Trinajstić information content (AvgIpc) is 3.30. The number of aromatic nitrogens is 4. The first-order valence-electron chi connectivity index (χ1n) is 7.99. The third-order valence-corrected chi connectivity index (χ3v) is 5.16. The second kappa shape index (κ2) is 6.36. The molecule has 4 rings (SSSR count). The van der Waals surface area contributed by atoms with Gasteiger partial charge in [-0.05, 0) is 25.1 Å². The van der Waals surface area contributed by atoms with Crippen molar-refractivity contribution in [1.29, 1.82) is 0 Å². The molecule has 0 amide bonds. The zero-order valence-electron chi connectivity index (χ0n) is 13.7. The van der Waals surface area contributed by atoms with Crippen molar-refractivity contribution in [1.82, 2.24) is 19.9 Å². The monoisotopic (exact) mass is 350 g/mol. The Labute approximate surface area is 149 Å². The summed E-state index contributed by atoms with van der Waals surface area (Å²) in [6, 6.07) is 5.25. The number of pyridine rings is 1. The van der Waals surface area contributed by atoms with Gasteiger partial charge in [0.15, 0.2) is 5.82 Å². The van der Waals surface area contributed by atoms with E-state index in [9.17, 15) is 0 Å². The van der Waals surface area contributed by atoms with Crippen LogP contribution < -0.4 is 11.5 Å². The third-order valence-electron chi connectivity index (χ3n) is 4.17. The summed E-state index contributed by atoms with van der Waals surface area (Å²) < 4.78 is 0.985. The predicted molar refractivity (Wildman–Crippen MR) is 101 cm³/mol. The summed E-state index contributed by atoms with van der Waals surface area (Å²) in [6.45, 7) is 1.89. The van der Waals surface area contributed by atoms with Crippen LogP contribution in [0.3, 0.4) is 0 Å². The summed E-state index contributed by atoms with van der Waals surface area (Å²) in [7, 11) is 0. The minimum Gasteiger partial charge on any atom is -0.367 e. The van der Waals surface area contributed by atoms with Crippen LogP contribution in [0.1, 0.15) is 18.7 Å². The Balaban J connectivity index is 1.99. The highest BCUT2D eigenvalue weighted by Gasteiger charge is 2.21. The number of fused-ring (bicyclic) bond motifs is 1.